The zero-order valence-corrected chi connectivity index (χ0v) is 22.3. The van der Waals surface area contributed by atoms with Crippen LogP contribution < -0.4 is 11.0 Å². The molecule has 208 valence electrons. The number of nitrogens with one attached hydrogen (secondary N) is 1. The van der Waals surface area contributed by atoms with Crippen LogP contribution in [-0.4, -0.2) is 34.6 Å². The van der Waals surface area contributed by atoms with E-state index in [2.05, 4.69) is 15.5 Å². The minimum atomic E-state index is -4.66. The fraction of sp³-hybridized carbons (Fsp3) is 0.172. The maximum Gasteiger partial charge on any atom is 0.416 e. The van der Waals surface area contributed by atoms with E-state index in [1.54, 1.807) is 61.2 Å². The Morgan fingerprint density at radius 3 is 2.37 bits per heavy atom. The lowest BCUT2D eigenvalue weighted by Gasteiger charge is -2.14. The van der Waals surface area contributed by atoms with Crippen molar-refractivity contribution in [2.24, 2.45) is 14.1 Å². The Kier molecular flexibility index (Phi) is 6.05. The molecule has 0 aliphatic rings. The quantitative estimate of drug-likeness (QED) is 0.308. The standard InChI is InChI=1S/C29H24F3N7O2/c1-4-38-24(17-9-11-20(12-10-17)39-16-33-37(3)28(39)41)14-18-13-19(29(30,31)32)15-22(25(18)38)27(40)34-26-21-7-5-6-8-23(21)36(2)35-26/h5-16H,4H2,1-3H3,(H,34,35,40). The Bertz CT molecular complexity index is 2010. The van der Waals surface area contributed by atoms with Crippen molar-refractivity contribution in [3.63, 3.8) is 0 Å². The van der Waals surface area contributed by atoms with Crippen molar-refractivity contribution in [3.05, 3.63) is 94.7 Å². The molecule has 0 spiro atoms. The Balaban J connectivity index is 1.48. The van der Waals surface area contributed by atoms with Crippen molar-refractivity contribution < 1.29 is 18.0 Å². The van der Waals surface area contributed by atoms with E-state index in [0.717, 1.165) is 17.6 Å². The summed E-state index contributed by atoms with van der Waals surface area (Å²) in [5.74, 6) is -0.440. The summed E-state index contributed by atoms with van der Waals surface area (Å²) in [7, 11) is 3.27. The Morgan fingerprint density at radius 2 is 1.71 bits per heavy atom. The summed E-state index contributed by atoms with van der Waals surface area (Å²) in [6.45, 7) is 2.25. The SMILES string of the molecule is CCn1c(-c2ccc(-n3cnn(C)c3=O)cc2)cc2cc(C(F)(F)F)cc(C(=O)Nc3nn(C)c4ccccc34)c21. The molecule has 0 saturated carbocycles. The van der Waals surface area contributed by atoms with Gasteiger partial charge in [-0.3, -0.25) is 9.48 Å². The van der Waals surface area contributed by atoms with Crippen LogP contribution in [-0.2, 0) is 26.8 Å². The molecule has 0 fully saturated rings. The van der Waals surface area contributed by atoms with Gasteiger partial charge < -0.3 is 9.88 Å². The van der Waals surface area contributed by atoms with Gasteiger partial charge in [-0.1, -0.05) is 24.3 Å². The van der Waals surface area contributed by atoms with Gasteiger partial charge in [0, 0.05) is 37.1 Å². The number of alkyl halides is 3. The number of aryl methyl sites for hydroxylation is 3. The summed E-state index contributed by atoms with van der Waals surface area (Å²) in [5, 5.41) is 12.0. The molecule has 6 aromatic rings. The summed E-state index contributed by atoms with van der Waals surface area (Å²) in [5.41, 5.74) is 1.73. The lowest BCUT2D eigenvalue weighted by molar-refractivity contribution is -0.137. The van der Waals surface area contributed by atoms with E-state index < -0.39 is 17.6 Å². The lowest BCUT2D eigenvalue weighted by atomic mass is 10.0. The molecule has 3 heterocycles. The van der Waals surface area contributed by atoms with E-state index in [4.69, 9.17) is 0 Å². The molecule has 0 saturated heterocycles. The van der Waals surface area contributed by atoms with Gasteiger partial charge in [0.05, 0.1) is 27.8 Å². The number of amides is 1. The van der Waals surface area contributed by atoms with E-state index in [0.29, 0.717) is 34.4 Å². The third-order valence-electron chi connectivity index (χ3n) is 7.13. The number of halogens is 3. The maximum atomic E-state index is 14.0. The van der Waals surface area contributed by atoms with Crippen LogP contribution in [0.15, 0.2) is 77.9 Å². The van der Waals surface area contributed by atoms with E-state index in [9.17, 15) is 22.8 Å². The second-order valence-corrected chi connectivity index (χ2v) is 9.63. The number of aromatic nitrogens is 6. The van der Waals surface area contributed by atoms with E-state index in [-0.39, 0.29) is 22.5 Å². The average molecular weight is 560 g/mol. The van der Waals surface area contributed by atoms with Crippen LogP contribution in [0.25, 0.3) is 38.8 Å². The lowest BCUT2D eigenvalue weighted by Crippen LogP contribution is -2.21. The number of hydrogen-bond donors (Lipinski definition) is 1. The highest BCUT2D eigenvalue weighted by Crippen LogP contribution is 2.37. The first-order valence-electron chi connectivity index (χ1n) is 12.8. The number of carbonyl (C=O) groups excluding carboxylic acids is 1. The van der Waals surface area contributed by atoms with Crippen molar-refractivity contribution in [1.82, 2.24) is 28.7 Å². The summed E-state index contributed by atoms with van der Waals surface area (Å²) in [6, 6.07) is 17.9. The van der Waals surface area contributed by atoms with Crippen molar-refractivity contribution in [2.45, 2.75) is 19.6 Å². The topological polar surface area (TPSA) is 91.7 Å². The fourth-order valence-electron chi connectivity index (χ4n) is 5.15. The zero-order valence-electron chi connectivity index (χ0n) is 22.3. The molecule has 3 aromatic carbocycles. The van der Waals surface area contributed by atoms with Gasteiger partial charge in [0.1, 0.15) is 6.33 Å². The van der Waals surface area contributed by atoms with Gasteiger partial charge in [-0.2, -0.15) is 23.4 Å². The number of hydrogen-bond acceptors (Lipinski definition) is 4. The molecule has 6 rings (SSSR count). The van der Waals surface area contributed by atoms with Gasteiger partial charge in [-0.05, 0) is 55.0 Å². The molecule has 0 radical (unpaired) electrons. The first kappa shape index (κ1) is 26.1. The molecule has 1 amide bonds. The van der Waals surface area contributed by atoms with Crippen molar-refractivity contribution in [3.8, 4) is 16.9 Å². The summed E-state index contributed by atoms with van der Waals surface area (Å²) < 4.78 is 47.9. The highest BCUT2D eigenvalue weighted by Gasteiger charge is 2.33. The third-order valence-corrected chi connectivity index (χ3v) is 7.13. The predicted molar refractivity (Wildman–Crippen MR) is 149 cm³/mol. The van der Waals surface area contributed by atoms with Gasteiger partial charge in [-0.25, -0.2) is 14.0 Å². The van der Waals surface area contributed by atoms with Gasteiger partial charge in [0.15, 0.2) is 5.82 Å². The number of fused-ring (bicyclic) bond motifs is 2. The number of anilines is 1. The second kappa shape index (κ2) is 9.51. The van der Waals surface area contributed by atoms with Gasteiger partial charge >= 0.3 is 11.9 Å². The van der Waals surface area contributed by atoms with Gasteiger partial charge in [-0.15, -0.1) is 0 Å². The molecule has 0 aliphatic heterocycles. The van der Waals surface area contributed by atoms with Crippen LogP contribution >= 0.6 is 0 Å². The first-order valence-corrected chi connectivity index (χ1v) is 12.8. The van der Waals surface area contributed by atoms with Gasteiger partial charge in [0.25, 0.3) is 5.91 Å². The van der Waals surface area contributed by atoms with Crippen molar-refractivity contribution in [2.75, 3.05) is 5.32 Å². The highest BCUT2D eigenvalue weighted by molar-refractivity contribution is 6.15. The monoisotopic (exact) mass is 559 g/mol. The van der Waals surface area contributed by atoms with Crippen molar-refractivity contribution in [1.29, 1.82) is 0 Å². The molecule has 0 aliphatic carbocycles. The minimum absolute atomic E-state index is 0.115. The fourth-order valence-corrected chi connectivity index (χ4v) is 5.15. The molecule has 9 nitrogen and oxygen atoms in total. The minimum Gasteiger partial charge on any atom is -0.340 e. The highest BCUT2D eigenvalue weighted by atomic mass is 19.4. The van der Waals surface area contributed by atoms with Gasteiger partial charge in [0.2, 0.25) is 0 Å². The number of para-hydroxylation sites is 1. The van der Waals surface area contributed by atoms with E-state index >= 15 is 0 Å². The largest absolute Gasteiger partial charge is 0.416 e. The number of nitrogens with zero attached hydrogens (tertiary/aromatic N) is 6. The van der Waals surface area contributed by atoms with Crippen molar-refractivity contribution >= 4 is 33.5 Å². The average Bonchev–Trinajstić information content (AvgIpc) is 3.60. The molecular formula is C29H24F3N7O2. The van der Waals surface area contributed by atoms with Crippen LogP contribution in [0.2, 0.25) is 0 Å². The molecule has 1 N–H and O–H groups in total. The van der Waals surface area contributed by atoms with Crippen LogP contribution in [0.3, 0.4) is 0 Å². The molecular weight excluding hydrogens is 535 g/mol. The molecule has 41 heavy (non-hydrogen) atoms. The number of carbonyl (C=O) groups is 1. The summed E-state index contributed by atoms with van der Waals surface area (Å²) >= 11 is 0. The Labute approximate surface area is 231 Å². The van der Waals surface area contributed by atoms with Crippen LogP contribution in [0.1, 0.15) is 22.8 Å². The molecule has 0 unspecified atom stereocenters. The molecule has 0 atom stereocenters. The Hall–Kier alpha value is -5.13. The first-order chi connectivity index (χ1) is 19.6. The van der Waals surface area contributed by atoms with Crippen LogP contribution in [0.5, 0.6) is 0 Å². The smallest absolute Gasteiger partial charge is 0.340 e. The Morgan fingerprint density at radius 1 is 0.976 bits per heavy atom. The summed E-state index contributed by atoms with van der Waals surface area (Å²) in [6.07, 6.45) is -3.25. The maximum absolute atomic E-state index is 14.0. The van der Waals surface area contributed by atoms with E-state index in [1.165, 1.54) is 15.6 Å². The summed E-state index contributed by atoms with van der Waals surface area (Å²) in [4.78, 5) is 25.9. The molecule has 12 heteroatoms. The number of benzene rings is 3. The molecule has 3 aromatic heterocycles. The number of rotatable bonds is 5. The van der Waals surface area contributed by atoms with E-state index in [1.807, 2.05) is 23.6 Å². The zero-order chi connectivity index (χ0) is 29.1. The normalized spacial score (nSPS) is 12.0. The van der Waals surface area contributed by atoms with Crippen LogP contribution in [0.4, 0.5) is 19.0 Å². The molecule has 0 bridgehead atoms. The predicted octanol–water partition coefficient (Wildman–Crippen LogP) is 5.37. The second-order valence-electron chi connectivity index (χ2n) is 9.63. The van der Waals surface area contributed by atoms with Crippen LogP contribution in [0, 0.1) is 0 Å². The third kappa shape index (κ3) is 4.37.